The van der Waals surface area contributed by atoms with Crippen LogP contribution < -0.4 is 5.32 Å². The highest BCUT2D eigenvalue weighted by atomic mass is 32.1. The molecule has 0 radical (unpaired) electrons. The van der Waals surface area contributed by atoms with Crippen molar-refractivity contribution in [3.05, 3.63) is 41.4 Å². The average Bonchev–Trinajstić information content (AvgIpc) is 3.14. The number of hydrogen-bond donors (Lipinski definition) is 1. The van der Waals surface area contributed by atoms with Crippen molar-refractivity contribution >= 4 is 29.1 Å². The lowest BCUT2D eigenvalue weighted by Gasteiger charge is -2.42. The van der Waals surface area contributed by atoms with E-state index in [4.69, 9.17) is 0 Å². The SMILES string of the molecule is O=C1NCC(=O)N2CCN(C(=O)Cc3csc(-c4ccccc4)n3)CC12. The first-order valence-electron chi connectivity index (χ1n) is 8.46. The Morgan fingerprint density at radius 3 is 2.85 bits per heavy atom. The molecule has 2 saturated heterocycles. The fourth-order valence-corrected chi connectivity index (χ4v) is 4.11. The maximum absolute atomic E-state index is 12.6. The quantitative estimate of drug-likeness (QED) is 0.854. The van der Waals surface area contributed by atoms with Gasteiger partial charge in [-0.1, -0.05) is 30.3 Å². The van der Waals surface area contributed by atoms with E-state index in [1.165, 1.54) is 11.3 Å². The van der Waals surface area contributed by atoms with Gasteiger partial charge in [0, 0.05) is 24.0 Å². The number of thiazole rings is 1. The monoisotopic (exact) mass is 370 g/mol. The topological polar surface area (TPSA) is 82.6 Å². The number of nitrogens with zero attached hydrogens (tertiary/aromatic N) is 3. The van der Waals surface area contributed by atoms with Crippen LogP contribution >= 0.6 is 11.3 Å². The second kappa shape index (κ2) is 6.87. The van der Waals surface area contributed by atoms with Gasteiger partial charge in [0.1, 0.15) is 11.0 Å². The van der Waals surface area contributed by atoms with Crippen molar-refractivity contribution in [3.63, 3.8) is 0 Å². The molecule has 7 nitrogen and oxygen atoms in total. The van der Waals surface area contributed by atoms with Crippen LogP contribution in [0, 0.1) is 0 Å². The zero-order valence-electron chi connectivity index (χ0n) is 14.1. The summed E-state index contributed by atoms with van der Waals surface area (Å²) in [7, 11) is 0. The minimum Gasteiger partial charge on any atom is -0.345 e. The predicted molar refractivity (Wildman–Crippen MR) is 96.3 cm³/mol. The van der Waals surface area contributed by atoms with Crippen LogP contribution in [0.2, 0.25) is 0 Å². The van der Waals surface area contributed by atoms with Crippen molar-refractivity contribution < 1.29 is 14.4 Å². The third-order valence-corrected chi connectivity index (χ3v) is 5.61. The number of amides is 3. The summed E-state index contributed by atoms with van der Waals surface area (Å²) in [6, 6.07) is 9.26. The van der Waals surface area contributed by atoms with Gasteiger partial charge in [0.25, 0.3) is 0 Å². The Morgan fingerprint density at radius 2 is 2.04 bits per heavy atom. The molecule has 134 valence electrons. The van der Waals surface area contributed by atoms with Gasteiger partial charge in [0.15, 0.2) is 0 Å². The van der Waals surface area contributed by atoms with Crippen LogP contribution in [-0.2, 0) is 20.8 Å². The van der Waals surface area contributed by atoms with E-state index in [2.05, 4.69) is 10.3 Å². The minimum absolute atomic E-state index is 0.0460. The maximum atomic E-state index is 12.6. The largest absolute Gasteiger partial charge is 0.345 e. The fourth-order valence-electron chi connectivity index (χ4n) is 3.28. The lowest BCUT2D eigenvalue weighted by Crippen LogP contribution is -2.66. The van der Waals surface area contributed by atoms with Crippen molar-refractivity contribution in [2.45, 2.75) is 12.5 Å². The number of hydrogen-bond acceptors (Lipinski definition) is 5. The lowest BCUT2D eigenvalue weighted by molar-refractivity contribution is -0.152. The van der Waals surface area contributed by atoms with E-state index in [0.29, 0.717) is 13.1 Å². The van der Waals surface area contributed by atoms with E-state index in [0.717, 1.165) is 16.3 Å². The van der Waals surface area contributed by atoms with Gasteiger partial charge in [0.05, 0.1) is 25.2 Å². The molecule has 1 N–H and O–H groups in total. The minimum atomic E-state index is -0.579. The molecular formula is C18H18N4O3S. The van der Waals surface area contributed by atoms with Crippen molar-refractivity contribution in [2.75, 3.05) is 26.2 Å². The number of carbonyl (C=O) groups excluding carboxylic acids is 3. The van der Waals surface area contributed by atoms with Gasteiger partial charge in [-0.2, -0.15) is 0 Å². The summed E-state index contributed by atoms with van der Waals surface area (Å²) >= 11 is 1.51. The number of piperazine rings is 2. The Balaban J connectivity index is 1.42. The van der Waals surface area contributed by atoms with Crippen LogP contribution in [0.15, 0.2) is 35.7 Å². The second-order valence-electron chi connectivity index (χ2n) is 6.35. The first kappa shape index (κ1) is 16.7. The van der Waals surface area contributed by atoms with Crippen LogP contribution in [0.3, 0.4) is 0 Å². The highest BCUT2D eigenvalue weighted by Gasteiger charge is 2.39. The molecule has 2 fully saturated rings. The summed E-state index contributed by atoms with van der Waals surface area (Å²) < 4.78 is 0. The summed E-state index contributed by atoms with van der Waals surface area (Å²) in [6.07, 6.45) is 0.200. The molecule has 1 unspecified atom stereocenters. The number of fused-ring (bicyclic) bond motifs is 1. The summed E-state index contributed by atoms with van der Waals surface area (Å²) in [6.45, 7) is 1.13. The summed E-state index contributed by atoms with van der Waals surface area (Å²) in [5.41, 5.74) is 1.76. The molecule has 2 aliphatic rings. The smallest absolute Gasteiger partial charge is 0.245 e. The number of rotatable bonds is 3. The number of benzene rings is 1. The maximum Gasteiger partial charge on any atom is 0.245 e. The van der Waals surface area contributed by atoms with E-state index in [-0.39, 0.29) is 37.2 Å². The Morgan fingerprint density at radius 1 is 1.23 bits per heavy atom. The third kappa shape index (κ3) is 3.20. The van der Waals surface area contributed by atoms with Gasteiger partial charge in [0.2, 0.25) is 17.7 Å². The molecule has 4 rings (SSSR count). The molecule has 3 amide bonds. The molecule has 2 aliphatic heterocycles. The molecule has 3 heterocycles. The summed E-state index contributed by atoms with van der Waals surface area (Å²) in [5, 5.41) is 5.36. The summed E-state index contributed by atoms with van der Waals surface area (Å²) in [5.74, 6) is -0.351. The van der Waals surface area contributed by atoms with E-state index < -0.39 is 6.04 Å². The standard InChI is InChI=1S/C18H18N4O3S/c23-15(8-13-11-26-18(20-13)12-4-2-1-3-5-12)21-6-7-22-14(10-21)17(25)19-9-16(22)24/h1-5,11,14H,6-10H2,(H,19,25). The molecule has 1 aromatic heterocycles. The second-order valence-corrected chi connectivity index (χ2v) is 7.21. The van der Waals surface area contributed by atoms with Crippen molar-refractivity contribution in [1.82, 2.24) is 20.1 Å². The lowest BCUT2D eigenvalue weighted by atomic mass is 10.1. The molecule has 0 spiro atoms. The Kier molecular flexibility index (Phi) is 4.42. The first-order chi connectivity index (χ1) is 12.6. The predicted octanol–water partition coefficient (Wildman–Crippen LogP) is 0.522. The Bertz CT molecular complexity index is 851. The average molecular weight is 370 g/mol. The molecule has 8 heteroatoms. The molecule has 2 aromatic rings. The normalized spacial score (nSPS) is 19.9. The third-order valence-electron chi connectivity index (χ3n) is 4.67. The Labute approximate surface area is 154 Å². The highest BCUT2D eigenvalue weighted by molar-refractivity contribution is 7.13. The number of nitrogens with one attached hydrogen (secondary N) is 1. The van der Waals surface area contributed by atoms with E-state index >= 15 is 0 Å². The molecule has 0 bridgehead atoms. The summed E-state index contributed by atoms with van der Waals surface area (Å²) in [4.78, 5) is 44.3. The van der Waals surface area contributed by atoms with Crippen LogP contribution in [-0.4, -0.2) is 64.7 Å². The molecule has 1 atom stereocenters. The zero-order chi connectivity index (χ0) is 18.1. The molecule has 1 aromatic carbocycles. The van der Waals surface area contributed by atoms with Crippen molar-refractivity contribution in [3.8, 4) is 10.6 Å². The molecular weight excluding hydrogens is 352 g/mol. The van der Waals surface area contributed by atoms with Gasteiger partial charge in [-0.05, 0) is 0 Å². The van der Waals surface area contributed by atoms with E-state index in [1.807, 2.05) is 35.7 Å². The van der Waals surface area contributed by atoms with Crippen LogP contribution in [0.25, 0.3) is 10.6 Å². The Hall–Kier alpha value is -2.74. The van der Waals surface area contributed by atoms with E-state index in [1.54, 1.807) is 9.80 Å². The van der Waals surface area contributed by atoms with Gasteiger partial charge >= 0.3 is 0 Å². The van der Waals surface area contributed by atoms with Gasteiger partial charge in [-0.3, -0.25) is 14.4 Å². The van der Waals surface area contributed by atoms with Crippen LogP contribution in [0.1, 0.15) is 5.69 Å². The fraction of sp³-hybridized carbons (Fsp3) is 0.333. The van der Waals surface area contributed by atoms with Crippen molar-refractivity contribution in [2.24, 2.45) is 0 Å². The van der Waals surface area contributed by atoms with Crippen LogP contribution in [0.4, 0.5) is 0 Å². The molecule has 0 aliphatic carbocycles. The van der Waals surface area contributed by atoms with E-state index in [9.17, 15) is 14.4 Å². The molecule has 26 heavy (non-hydrogen) atoms. The number of aromatic nitrogens is 1. The van der Waals surface area contributed by atoms with Crippen molar-refractivity contribution in [1.29, 1.82) is 0 Å². The zero-order valence-corrected chi connectivity index (χ0v) is 14.9. The van der Waals surface area contributed by atoms with Gasteiger partial charge < -0.3 is 15.1 Å². The first-order valence-corrected chi connectivity index (χ1v) is 9.34. The highest BCUT2D eigenvalue weighted by Crippen LogP contribution is 2.24. The van der Waals surface area contributed by atoms with Crippen LogP contribution in [0.5, 0.6) is 0 Å². The number of carbonyl (C=O) groups is 3. The van der Waals surface area contributed by atoms with Gasteiger partial charge in [-0.25, -0.2) is 4.98 Å². The van der Waals surface area contributed by atoms with Gasteiger partial charge in [-0.15, -0.1) is 11.3 Å². The molecule has 0 saturated carbocycles.